The van der Waals surface area contributed by atoms with Gasteiger partial charge in [0.2, 0.25) is 5.82 Å². The first-order valence-corrected chi connectivity index (χ1v) is 9.04. The number of hydrogen-bond donors (Lipinski definition) is 0. The van der Waals surface area contributed by atoms with Crippen molar-refractivity contribution in [1.82, 2.24) is 10.1 Å². The lowest BCUT2D eigenvalue weighted by molar-refractivity contribution is 0.0430. The van der Waals surface area contributed by atoms with Crippen molar-refractivity contribution in [3.05, 3.63) is 90.3 Å². The number of aromatic nitrogens is 2. The van der Waals surface area contributed by atoms with Crippen LogP contribution in [0, 0.1) is 0 Å². The maximum atomic E-state index is 12.7. The Morgan fingerprint density at radius 2 is 1.59 bits per heavy atom. The van der Waals surface area contributed by atoms with E-state index in [0.717, 1.165) is 11.1 Å². The molecule has 0 saturated heterocycles. The smallest absolute Gasteiger partial charge is 0.339 e. The van der Waals surface area contributed by atoms with Gasteiger partial charge in [-0.1, -0.05) is 65.8 Å². The van der Waals surface area contributed by atoms with Gasteiger partial charge in [0.15, 0.2) is 6.61 Å². The minimum atomic E-state index is -0.457. The molecule has 0 aliphatic carbocycles. The minimum Gasteiger partial charge on any atom is -0.496 e. The zero-order valence-electron chi connectivity index (χ0n) is 15.7. The molecule has 0 bridgehead atoms. The molecule has 0 N–H and O–H groups in total. The quantitative estimate of drug-likeness (QED) is 0.445. The highest BCUT2D eigenvalue weighted by atomic mass is 16.6. The van der Waals surface area contributed by atoms with Crippen LogP contribution in [0.4, 0.5) is 0 Å². The van der Waals surface area contributed by atoms with Crippen molar-refractivity contribution in [2.24, 2.45) is 0 Å². The third-order valence-corrected chi connectivity index (χ3v) is 4.37. The molecule has 1 aromatic heterocycles. The van der Waals surface area contributed by atoms with Crippen molar-refractivity contribution in [3.8, 4) is 28.3 Å². The van der Waals surface area contributed by atoms with Crippen LogP contribution in [0.5, 0.6) is 5.75 Å². The molecule has 0 radical (unpaired) electrons. The van der Waals surface area contributed by atoms with E-state index < -0.39 is 5.97 Å². The van der Waals surface area contributed by atoms with Crippen LogP contribution in [0.15, 0.2) is 83.4 Å². The Kier molecular flexibility index (Phi) is 5.33. The van der Waals surface area contributed by atoms with Crippen LogP contribution in [0.3, 0.4) is 0 Å². The fourth-order valence-corrected chi connectivity index (χ4v) is 2.99. The van der Waals surface area contributed by atoms with Gasteiger partial charge in [-0.25, -0.2) is 4.79 Å². The number of hydrogen-bond acceptors (Lipinski definition) is 6. The summed E-state index contributed by atoms with van der Waals surface area (Å²) in [4.78, 5) is 17.0. The van der Waals surface area contributed by atoms with E-state index in [1.54, 1.807) is 19.2 Å². The number of benzene rings is 3. The van der Waals surface area contributed by atoms with E-state index >= 15 is 0 Å². The summed E-state index contributed by atoms with van der Waals surface area (Å²) in [6, 6.07) is 24.3. The van der Waals surface area contributed by atoms with Crippen LogP contribution in [0.25, 0.3) is 22.5 Å². The highest BCUT2D eigenvalue weighted by molar-refractivity contribution is 5.97. The summed E-state index contributed by atoms with van der Waals surface area (Å²) < 4.78 is 16.0. The third-order valence-electron chi connectivity index (χ3n) is 4.37. The van der Waals surface area contributed by atoms with Gasteiger partial charge in [0, 0.05) is 0 Å². The molecule has 0 spiro atoms. The maximum absolute atomic E-state index is 12.7. The topological polar surface area (TPSA) is 74.5 Å². The molecular weight excluding hydrogens is 368 g/mol. The van der Waals surface area contributed by atoms with Crippen molar-refractivity contribution >= 4 is 5.97 Å². The summed E-state index contributed by atoms with van der Waals surface area (Å²) in [6.07, 6.45) is 0. The number of carbonyl (C=O) groups is 1. The number of nitrogens with zero attached hydrogens (tertiary/aromatic N) is 2. The van der Waals surface area contributed by atoms with Gasteiger partial charge in [-0.15, -0.1) is 0 Å². The largest absolute Gasteiger partial charge is 0.496 e. The monoisotopic (exact) mass is 386 g/mol. The zero-order valence-corrected chi connectivity index (χ0v) is 15.7. The second kappa shape index (κ2) is 8.39. The Morgan fingerprint density at radius 3 is 2.38 bits per heavy atom. The lowest BCUT2D eigenvalue weighted by atomic mass is 10.00. The summed E-state index contributed by atoms with van der Waals surface area (Å²) in [6.45, 7) is -0.121. The molecule has 29 heavy (non-hydrogen) atoms. The van der Waals surface area contributed by atoms with Gasteiger partial charge in [-0.05, 0) is 29.3 Å². The molecule has 6 heteroatoms. The number of carbonyl (C=O) groups excluding carboxylic acids is 1. The molecule has 4 aromatic rings. The molecular formula is C23H18N2O4. The van der Waals surface area contributed by atoms with E-state index in [4.69, 9.17) is 14.0 Å². The van der Waals surface area contributed by atoms with E-state index in [2.05, 4.69) is 10.1 Å². The number of ether oxygens (including phenoxy) is 2. The van der Waals surface area contributed by atoms with Crippen molar-refractivity contribution in [1.29, 1.82) is 0 Å². The summed E-state index contributed by atoms with van der Waals surface area (Å²) in [7, 11) is 1.58. The minimum absolute atomic E-state index is 0.121. The lowest BCUT2D eigenvalue weighted by Gasteiger charge is -2.08. The molecule has 4 rings (SSSR count). The van der Waals surface area contributed by atoms with E-state index in [9.17, 15) is 4.79 Å². The standard InChI is InChI=1S/C23H18N2O4/c1-27-20-14-8-7-13-19(20)22-24-21(29-25-22)15-28-23(26)18-12-6-5-11-17(18)16-9-3-2-4-10-16/h2-14H,15H2,1H3. The molecule has 0 fully saturated rings. The highest BCUT2D eigenvalue weighted by Gasteiger charge is 2.17. The molecule has 0 saturated carbocycles. The van der Waals surface area contributed by atoms with Gasteiger partial charge in [0.25, 0.3) is 5.89 Å². The second-order valence-electron chi connectivity index (χ2n) is 6.20. The summed E-state index contributed by atoms with van der Waals surface area (Å²) in [5.74, 6) is 0.754. The highest BCUT2D eigenvalue weighted by Crippen LogP contribution is 2.27. The van der Waals surface area contributed by atoms with Crippen molar-refractivity contribution in [3.63, 3.8) is 0 Å². The van der Waals surface area contributed by atoms with E-state index in [0.29, 0.717) is 22.7 Å². The summed E-state index contributed by atoms with van der Waals surface area (Å²) >= 11 is 0. The van der Waals surface area contributed by atoms with Gasteiger partial charge >= 0.3 is 5.97 Å². The number of rotatable bonds is 6. The average Bonchev–Trinajstić information content (AvgIpc) is 3.27. The molecule has 144 valence electrons. The normalized spacial score (nSPS) is 10.5. The molecule has 0 unspecified atom stereocenters. The van der Waals surface area contributed by atoms with Gasteiger partial charge in [-0.3, -0.25) is 0 Å². The van der Waals surface area contributed by atoms with Crippen LogP contribution < -0.4 is 4.74 Å². The fraction of sp³-hybridized carbons (Fsp3) is 0.0870. The fourth-order valence-electron chi connectivity index (χ4n) is 2.99. The van der Waals surface area contributed by atoms with Crippen LogP contribution in [-0.4, -0.2) is 23.2 Å². The van der Waals surface area contributed by atoms with Gasteiger partial charge < -0.3 is 14.0 Å². The lowest BCUT2D eigenvalue weighted by Crippen LogP contribution is -2.07. The number of esters is 1. The molecule has 6 nitrogen and oxygen atoms in total. The predicted molar refractivity (Wildman–Crippen MR) is 107 cm³/mol. The molecule has 0 aliphatic heterocycles. The van der Waals surface area contributed by atoms with E-state index in [1.165, 1.54) is 0 Å². The summed E-state index contributed by atoms with van der Waals surface area (Å²) in [5.41, 5.74) is 2.92. The molecule has 0 atom stereocenters. The maximum Gasteiger partial charge on any atom is 0.339 e. The van der Waals surface area contributed by atoms with Crippen LogP contribution in [-0.2, 0) is 11.3 Å². The van der Waals surface area contributed by atoms with E-state index in [-0.39, 0.29) is 12.5 Å². The summed E-state index contributed by atoms with van der Waals surface area (Å²) in [5, 5.41) is 3.95. The number of para-hydroxylation sites is 1. The molecule has 1 heterocycles. The SMILES string of the molecule is COc1ccccc1-c1noc(COC(=O)c2ccccc2-c2ccccc2)n1. The first-order valence-electron chi connectivity index (χ1n) is 9.04. The van der Waals surface area contributed by atoms with Crippen LogP contribution in [0.2, 0.25) is 0 Å². The van der Waals surface area contributed by atoms with Crippen molar-refractivity contribution in [2.45, 2.75) is 6.61 Å². The molecule has 0 amide bonds. The molecule has 3 aromatic carbocycles. The van der Waals surface area contributed by atoms with Crippen LogP contribution in [0.1, 0.15) is 16.2 Å². The van der Waals surface area contributed by atoms with Crippen molar-refractivity contribution < 1.29 is 18.8 Å². The predicted octanol–water partition coefficient (Wildman–Crippen LogP) is 4.77. The van der Waals surface area contributed by atoms with Gasteiger partial charge in [0.05, 0.1) is 18.2 Å². The Bertz CT molecular complexity index is 1120. The van der Waals surface area contributed by atoms with Gasteiger partial charge in [0.1, 0.15) is 5.75 Å². The Labute approximate surface area is 167 Å². The van der Waals surface area contributed by atoms with E-state index in [1.807, 2.05) is 66.7 Å². The van der Waals surface area contributed by atoms with Gasteiger partial charge in [-0.2, -0.15) is 4.98 Å². The first kappa shape index (κ1) is 18.4. The number of methoxy groups -OCH3 is 1. The average molecular weight is 386 g/mol. The first-order chi connectivity index (χ1) is 14.3. The Morgan fingerprint density at radius 1 is 0.897 bits per heavy atom. The Balaban J connectivity index is 1.50. The third kappa shape index (κ3) is 4.01. The zero-order chi connectivity index (χ0) is 20.1. The van der Waals surface area contributed by atoms with Crippen LogP contribution >= 0.6 is 0 Å². The Hall–Kier alpha value is -3.93. The molecule has 0 aliphatic rings. The second-order valence-corrected chi connectivity index (χ2v) is 6.20. The van der Waals surface area contributed by atoms with Crippen molar-refractivity contribution in [2.75, 3.05) is 7.11 Å².